The Hall–Kier alpha value is -2.15. The first kappa shape index (κ1) is 17.2. The topological polar surface area (TPSA) is 88.7 Å². The predicted octanol–water partition coefficient (Wildman–Crippen LogP) is 1.24. The second-order valence-electron chi connectivity index (χ2n) is 5.67. The molecular formula is C16H22N2O5. The van der Waals surface area contributed by atoms with E-state index in [2.05, 4.69) is 4.98 Å². The van der Waals surface area contributed by atoms with Crippen molar-refractivity contribution in [1.82, 2.24) is 9.88 Å². The van der Waals surface area contributed by atoms with Crippen molar-refractivity contribution < 1.29 is 23.9 Å². The number of amides is 1. The number of H-pyrrole nitrogens is 1. The maximum atomic E-state index is 12.3. The van der Waals surface area contributed by atoms with E-state index in [1.165, 1.54) is 6.92 Å². The molecule has 1 aliphatic heterocycles. The molecule has 0 aromatic carbocycles. The van der Waals surface area contributed by atoms with Gasteiger partial charge in [-0.15, -0.1) is 0 Å². The quantitative estimate of drug-likeness (QED) is 0.665. The molecule has 1 saturated heterocycles. The summed E-state index contributed by atoms with van der Waals surface area (Å²) in [7, 11) is 0. The SMILES string of the molecule is CC(=O)c1c(C)[nH]c(C(=O)O[C@@H](C)C(=O)N2CCOCC2)c1C. The minimum atomic E-state index is -0.885. The van der Waals surface area contributed by atoms with Crippen molar-refractivity contribution in [2.45, 2.75) is 33.8 Å². The number of rotatable bonds is 4. The molecule has 2 rings (SSSR count). The molecule has 0 spiro atoms. The van der Waals surface area contributed by atoms with Crippen LogP contribution in [-0.4, -0.2) is 60.0 Å². The predicted molar refractivity (Wildman–Crippen MR) is 82.5 cm³/mol. The highest BCUT2D eigenvalue weighted by molar-refractivity contribution is 6.01. The highest BCUT2D eigenvalue weighted by Gasteiger charge is 2.28. The second-order valence-corrected chi connectivity index (χ2v) is 5.67. The van der Waals surface area contributed by atoms with Crippen molar-refractivity contribution in [3.05, 3.63) is 22.5 Å². The highest BCUT2D eigenvalue weighted by atomic mass is 16.5. The first-order valence-electron chi connectivity index (χ1n) is 7.60. The van der Waals surface area contributed by atoms with E-state index in [4.69, 9.17) is 9.47 Å². The van der Waals surface area contributed by atoms with Gasteiger partial charge in [-0.3, -0.25) is 9.59 Å². The van der Waals surface area contributed by atoms with Gasteiger partial charge in [0.1, 0.15) is 5.69 Å². The number of ether oxygens (including phenoxy) is 2. The lowest BCUT2D eigenvalue weighted by Crippen LogP contribution is -2.46. The number of carbonyl (C=O) groups is 3. The number of aromatic nitrogens is 1. The zero-order valence-electron chi connectivity index (χ0n) is 13.9. The molecule has 1 amide bonds. The smallest absolute Gasteiger partial charge is 0.355 e. The summed E-state index contributed by atoms with van der Waals surface area (Å²) in [5, 5.41) is 0. The largest absolute Gasteiger partial charge is 0.448 e. The van der Waals surface area contributed by atoms with Gasteiger partial charge in [-0.05, 0) is 33.3 Å². The number of Topliss-reactive ketones (excluding diaryl/α,β-unsaturated/α-hetero) is 1. The van der Waals surface area contributed by atoms with Crippen LogP contribution < -0.4 is 0 Å². The number of nitrogens with one attached hydrogen (secondary N) is 1. The molecule has 0 aliphatic carbocycles. The van der Waals surface area contributed by atoms with Crippen molar-refractivity contribution in [1.29, 1.82) is 0 Å². The van der Waals surface area contributed by atoms with E-state index < -0.39 is 12.1 Å². The normalized spacial score (nSPS) is 16.1. The zero-order valence-corrected chi connectivity index (χ0v) is 13.9. The minimum Gasteiger partial charge on any atom is -0.448 e. The monoisotopic (exact) mass is 322 g/mol. The van der Waals surface area contributed by atoms with E-state index >= 15 is 0 Å². The number of aryl methyl sites for hydroxylation is 1. The van der Waals surface area contributed by atoms with Crippen LogP contribution in [0.2, 0.25) is 0 Å². The Kier molecular flexibility index (Phi) is 5.20. The Morgan fingerprint density at radius 2 is 1.83 bits per heavy atom. The lowest BCUT2D eigenvalue weighted by Gasteiger charge is -2.28. The Morgan fingerprint density at radius 3 is 2.35 bits per heavy atom. The van der Waals surface area contributed by atoms with Gasteiger partial charge in [-0.1, -0.05) is 0 Å². The zero-order chi connectivity index (χ0) is 17.1. The van der Waals surface area contributed by atoms with Crippen LogP contribution in [0.1, 0.15) is 46.0 Å². The van der Waals surface area contributed by atoms with Crippen molar-refractivity contribution >= 4 is 17.7 Å². The number of morpholine rings is 1. The van der Waals surface area contributed by atoms with Gasteiger partial charge >= 0.3 is 5.97 Å². The Labute approximate surface area is 134 Å². The number of hydrogen-bond donors (Lipinski definition) is 1. The van der Waals surface area contributed by atoms with Crippen LogP contribution >= 0.6 is 0 Å². The Morgan fingerprint density at radius 1 is 1.22 bits per heavy atom. The van der Waals surface area contributed by atoms with Gasteiger partial charge < -0.3 is 19.4 Å². The number of aromatic amines is 1. The summed E-state index contributed by atoms with van der Waals surface area (Å²) in [6.07, 6.45) is -0.885. The summed E-state index contributed by atoms with van der Waals surface area (Å²) in [6, 6.07) is 0. The molecular weight excluding hydrogens is 300 g/mol. The van der Waals surface area contributed by atoms with E-state index in [0.29, 0.717) is 43.1 Å². The lowest BCUT2D eigenvalue weighted by atomic mass is 10.1. The third-order valence-corrected chi connectivity index (χ3v) is 3.95. The summed E-state index contributed by atoms with van der Waals surface area (Å²) in [6.45, 7) is 8.38. The summed E-state index contributed by atoms with van der Waals surface area (Å²) < 4.78 is 10.5. The molecule has 2 heterocycles. The molecule has 1 aliphatic rings. The van der Waals surface area contributed by atoms with Crippen LogP contribution in [0.3, 0.4) is 0 Å². The number of carbonyl (C=O) groups excluding carboxylic acids is 3. The van der Waals surface area contributed by atoms with Gasteiger partial charge in [-0.2, -0.15) is 0 Å². The molecule has 0 unspecified atom stereocenters. The number of esters is 1. The molecule has 7 heteroatoms. The van der Waals surface area contributed by atoms with Gasteiger partial charge in [0.05, 0.1) is 13.2 Å². The molecule has 0 bridgehead atoms. The van der Waals surface area contributed by atoms with Crippen molar-refractivity contribution in [3.8, 4) is 0 Å². The summed E-state index contributed by atoms with van der Waals surface area (Å²) in [4.78, 5) is 40.7. The molecule has 23 heavy (non-hydrogen) atoms. The van der Waals surface area contributed by atoms with Crippen LogP contribution in [0.4, 0.5) is 0 Å². The van der Waals surface area contributed by atoms with Gasteiger partial charge in [0, 0.05) is 24.3 Å². The van der Waals surface area contributed by atoms with E-state index in [-0.39, 0.29) is 17.4 Å². The van der Waals surface area contributed by atoms with Crippen molar-refractivity contribution in [3.63, 3.8) is 0 Å². The maximum absolute atomic E-state index is 12.3. The van der Waals surface area contributed by atoms with E-state index in [1.807, 2.05) is 0 Å². The van der Waals surface area contributed by atoms with E-state index in [1.54, 1.807) is 25.7 Å². The average molecular weight is 322 g/mol. The highest BCUT2D eigenvalue weighted by Crippen LogP contribution is 2.20. The van der Waals surface area contributed by atoms with Gasteiger partial charge in [0.2, 0.25) is 0 Å². The third kappa shape index (κ3) is 3.61. The Balaban J connectivity index is 2.08. The molecule has 1 aromatic rings. The number of hydrogen-bond acceptors (Lipinski definition) is 5. The van der Waals surface area contributed by atoms with Crippen LogP contribution in [0.25, 0.3) is 0 Å². The molecule has 1 N–H and O–H groups in total. The first-order chi connectivity index (χ1) is 10.8. The lowest BCUT2D eigenvalue weighted by molar-refractivity contribution is -0.143. The molecule has 126 valence electrons. The average Bonchev–Trinajstić information content (AvgIpc) is 2.82. The Bertz CT molecular complexity index is 629. The fourth-order valence-corrected chi connectivity index (χ4v) is 2.79. The maximum Gasteiger partial charge on any atom is 0.355 e. The standard InChI is InChI=1S/C16H22N2O5/c1-9-13(11(3)19)10(2)17-14(9)16(21)23-12(4)15(20)18-5-7-22-8-6-18/h12,17H,5-8H2,1-4H3/t12-/m0/s1. The fourth-order valence-electron chi connectivity index (χ4n) is 2.79. The van der Waals surface area contributed by atoms with Crippen LogP contribution in [0.15, 0.2) is 0 Å². The number of nitrogens with zero attached hydrogens (tertiary/aromatic N) is 1. The molecule has 0 radical (unpaired) electrons. The molecule has 0 saturated carbocycles. The van der Waals surface area contributed by atoms with Gasteiger partial charge in [0.15, 0.2) is 11.9 Å². The number of ketones is 1. The van der Waals surface area contributed by atoms with Crippen LogP contribution in [-0.2, 0) is 14.3 Å². The van der Waals surface area contributed by atoms with Crippen LogP contribution in [0, 0.1) is 13.8 Å². The minimum absolute atomic E-state index is 0.118. The van der Waals surface area contributed by atoms with E-state index in [0.717, 1.165) is 0 Å². The van der Waals surface area contributed by atoms with Crippen molar-refractivity contribution in [2.75, 3.05) is 26.3 Å². The summed E-state index contributed by atoms with van der Waals surface area (Å²) in [5.74, 6) is -0.991. The van der Waals surface area contributed by atoms with Crippen molar-refractivity contribution in [2.24, 2.45) is 0 Å². The molecule has 1 atom stereocenters. The molecule has 1 aromatic heterocycles. The molecule has 1 fully saturated rings. The summed E-state index contributed by atoms with van der Waals surface area (Å²) >= 11 is 0. The van der Waals surface area contributed by atoms with E-state index in [9.17, 15) is 14.4 Å². The fraction of sp³-hybridized carbons (Fsp3) is 0.562. The second kappa shape index (κ2) is 6.95. The van der Waals surface area contributed by atoms with Gasteiger partial charge in [-0.25, -0.2) is 4.79 Å². The first-order valence-corrected chi connectivity index (χ1v) is 7.60. The molecule has 7 nitrogen and oxygen atoms in total. The van der Waals surface area contributed by atoms with Crippen LogP contribution in [0.5, 0.6) is 0 Å². The summed E-state index contributed by atoms with van der Waals surface area (Å²) in [5.41, 5.74) is 1.87. The third-order valence-electron chi connectivity index (χ3n) is 3.95. The van der Waals surface area contributed by atoms with Gasteiger partial charge in [0.25, 0.3) is 5.91 Å².